The van der Waals surface area contributed by atoms with Crippen molar-refractivity contribution in [2.75, 3.05) is 0 Å². The van der Waals surface area contributed by atoms with Gasteiger partial charge in [0.05, 0.1) is 0 Å². The van der Waals surface area contributed by atoms with Gasteiger partial charge >= 0.3 is 0 Å². The zero-order chi connectivity index (χ0) is 29.2. The number of carbonyl (C=O) groups excluding carboxylic acids is 1. The van der Waals surface area contributed by atoms with Crippen LogP contribution in [0.5, 0.6) is 0 Å². The molecule has 7 aromatic rings. The van der Waals surface area contributed by atoms with E-state index in [1.807, 2.05) is 0 Å². The van der Waals surface area contributed by atoms with Gasteiger partial charge in [-0.15, -0.1) is 0 Å². The van der Waals surface area contributed by atoms with Gasteiger partial charge in [-0.3, -0.25) is 14.0 Å². The summed E-state index contributed by atoms with van der Waals surface area (Å²) in [5, 5.41) is -0.231. The van der Waals surface area contributed by atoms with Gasteiger partial charge in [0.15, 0.2) is 52.8 Å². The number of imidazole rings is 2. The van der Waals surface area contributed by atoms with E-state index in [2.05, 4.69) is 9.97 Å². The van der Waals surface area contributed by atoms with Crippen LogP contribution in [0.15, 0.2) is 29.1 Å². The standard InChI is InChI=1S/C27H8F8N4O2/c1-38-23-19(34)15(30)13(28)17(32)21(23)36-25(38)8-4-5-10-12-9(3-2-7(6-40)11(8)12)26-37-22-18(33)14(29)16(31)20(35)24(22)39(26)27(10)41/h2-6H,1H3. The van der Waals surface area contributed by atoms with E-state index in [-0.39, 0.29) is 38.5 Å². The maximum Gasteiger partial charge on any atom is 0.264 e. The van der Waals surface area contributed by atoms with Crippen LogP contribution in [-0.2, 0) is 7.05 Å². The number of carbonyl (C=O) groups is 1. The lowest BCUT2D eigenvalue weighted by Crippen LogP contribution is -2.15. The molecule has 0 saturated heterocycles. The van der Waals surface area contributed by atoms with Crippen LogP contribution in [-0.4, -0.2) is 25.2 Å². The third kappa shape index (κ3) is 2.85. The Hall–Kier alpha value is -5.14. The Morgan fingerprint density at radius 2 is 1.22 bits per heavy atom. The summed E-state index contributed by atoms with van der Waals surface area (Å²) in [6.45, 7) is 0. The number of hydrogen-bond donors (Lipinski definition) is 0. The maximum absolute atomic E-state index is 14.8. The fraction of sp³-hybridized carbons (Fsp3) is 0.0370. The number of hydrogen-bond acceptors (Lipinski definition) is 4. The Morgan fingerprint density at radius 3 is 1.85 bits per heavy atom. The van der Waals surface area contributed by atoms with Crippen LogP contribution in [0, 0.1) is 46.5 Å². The first kappa shape index (κ1) is 24.9. The molecule has 7 rings (SSSR count). The highest BCUT2D eigenvalue weighted by molar-refractivity contribution is 6.22. The summed E-state index contributed by atoms with van der Waals surface area (Å²) >= 11 is 0. The summed E-state index contributed by atoms with van der Waals surface area (Å²) in [6.07, 6.45) is 0.391. The van der Waals surface area contributed by atoms with Gasteiger partial charge in [0, 0.05) is 39.7 Å². The molecule has 0 aliphatic heterocycles. The molecule has 0 radical (unpaired) electrons. The van der Waals surface area contributed by atoms with Gasteiger partial charge in [-0.25, -0.2) is 45.1 Å². The molecule has 3 aromatic heterocycles. The summed E-state index contributed by atoms with van der Waals surface area (Å²) in [6, 6.07) is 4.92. The summed E-state index contributed by atoms with van der Waals surface area (Å²) in [5.41, 5.74) is -5.02. The molecule has 0 amide bonds. The number of aryl methyl sites for hydroxylation is 1. The zero-order valence-corrected chi connectivity index (χ0v) is 20.0. The van der Waals surface area contributed by atoms with Gasteiger partial charge < -0.3 is 4.57 Å². The van der Waals surface area contributed by atoms with Crippen LogP contribution >= 0.6 is 0 Å². The van der Waals surface area contributed by atoms with Crippen LogP contribution in [0.2, 0.25) is 0 Å². The molecule has 0 unspecified atom stereocenters. The Bertz CT molecular complexity index is 2420. The number of halogens is 8. The molecule has 0 saturated carbocycles. The van der Waals surface area contributed by atoms with Crippen LogP contribution in [0.25, 0.3) is 60.6 Å². The van der Waals surface area contributed by atoms with E-state index in [9.17, 15) is 44.7 Å². The van der Waals surface area contributed by atoms with Crippen molar-refractivity contribution in [1.29, 1.82) is 0 Å². The van der Waals surface area contributed by atoms with E-state index in [0.29, 0.717) is 10.7 Å². The number of nitrogens with zero attached hydrogens (tertiary/aromatic N) is 4. The molecule has 0 atom stereocenters. The topological polar surface area (TPSA) is 69.3 Å². The molecule has 41 heavy (non-hydrogen) atoms. The van der Waals surface area contributed by atoms with Gasteiger partial charge in [-0.2, -0.15) is 0 Å². The summed E-state index contributed by atoms with van der Waals surface area (Å²) in [5.74, 6) is -15.8. The quantitative estimate of drug-likeness (QED) is 0.109. The second-order valence-corrected chi connectivity index (χ2v) is 9.21. The number of pyridine rings is 1. The maximum atomic E-state index is 14.8. The average Bonchev–Trinajstić information content (AvgIpc) is 3.54. The van der Waals surface area contributed by atoms with Gasteiger partial charge in [0.25, 0.3) is 5.56 Å². The summed E-state index contributed by atoms with van der Waals surface area (Å²) in [7, 11) is 1.18. The Balaban J connectivity index is 1.70. The summed E-state index contributed by atoms with van der Waals surface area (Å²) < 4.78 is 116. The Morgan fingerprint density at radius 1 is 0.659 bits per heavy atom. The highest BCUT2D eigenvalue weighted by Crippen LogP contribution is 2.39. The molecule has 14 heteroatoms. The average molecular weight is 572 g/mol. The van der Waals surface area contributed by atoms with Crippen molar-refractivity contribution in [2.45, 2.75) is 0 Å². The molecule has 0 aliphatic carbocycles. The molecule has 0 fully saturated rings. The van der Waals surface area contributed by atoms with Crippen molar-refractivity contribution in [2.24, 2.45) is 7.05 Å². The van der Waals surface area contributed by atoms with Crippen molar-refractivity contribution >= 4 is 55.5 Å². The molecular weight excluding hydrogens is 564 g/mol. The highest BCUT2D eigenvalue weighted by atomic mass is 19.2. The number of rotatable bonds is 2. The third-order valence-electron chi connectivity index (χ3n) is 7.20. The first-order chi connectivity index (χ1) is 19.5. The predicted octanol–water partition coefficient (Wildman–Crippen LogP) is 6.07. The fourth-order valence-corrected chi connectivity index (χ4v) is 5.39. The lowest BCUT2D eigenvalue weighted by molar-refractivity contribution is 0.112. The van der Waals surface area contributed by atoms with E-state index >= 15 is 0 Å². The monoisotopic (exact) mass is 572 g/mol. The highest BCUT2D eigenvalue weighted by Gasteiger charge is 2.30. The van der Waals surface area contributed by atoms with Crippen molar-refractivity contribution in [3.05, 3.63) is 86.7 Å². The molecule has 0 aliphatic rings. The lowest BCUT2D eigenvalue weighted by Gasteiger charge is -2.13. The minimum Gasteiger partial charge on any atom is -0.325 e. The fourth-order valence-electron chi connectivity index (χ4n) is 5.39. The third-order valence-corrected chi connectivity index (χ3v) is 7.20. The molecule has 6 nitrogen and oxygen atoms in total. The smallest absolute Gasteiger partial charge is 0.264 e. The molecule has 0 N–H and O–H groups in total. The van der Waals surface area contributed by atoms with Crippen molar-refractivity contribution in [3.8, 4) is 11.4 Å². The number of fused-ring (bicyclic) bond motifs is 5. The van der Waals surface area contributed by atoms with E-state index in [4.69, 9.17) is 0 Å². The minimum atomic E-state index is -2.15. The van der Waals surface area contributed by atoms with Crippen molar-refractivity contribution in [1.82, 2.24) is 18.9 Å². The normalized spacial score (nSPS) is 12.2. The van der Waals surface area contributed by atoms with E-state index in [1.54, 1.807) is 0 Å². The van der Waals surface area contributed by atoms with Crippen LogP contribution in [0.4, 0.5) is 35.1 Å². The minimum absolute atomic E-state index is 0.00563. The Labute approximate surface area is 220 Å². The second kappa shape index (κ2) is 7.96. The van der Waals surface area contributed by atoms with E-state index in [1.165, 1.54) is 31.3 Å². The van der Waals surface area contributed by atoms with Crippen LogP contribution < -0.4 is 5.56 Å². The van der Waals surface area contributed by atoms with Crippen LogP contribution in [0.1, 0.15) is 10.4 Å². The van der Waals surface area contributed by atoms with E-state index < -0.39 is 79.8 Å². The second-order valence-electron chi connectivity index (χ2n) is 9.21. The lowest BCUT2D eigenvalue weighted by atomic mass is 9.94. The molecule has 204 valence electrons. The SMILES string of the molecule is Cn1c(-c2ccc3c(=O)n4c(nc5c(F)c(F)c(F)c(F)c54)c4ccc(C=O)c2c34)nc2c(F)c(F)c(F)c(F)c21. The van der Waals surface area contributed by atoms with Crippen molar-refractivity contribution < 1.29 is 39.9 Å². The zero-order valence-electron chi connectivity index (χ0n) is 20.0. The first-order valence-corrected chi connectivity index (χ1v) is 11.5. The van der Waals surface area contributed by atoms with Crippen LogP contribution in [0.3, 0.4) is 0 Å². The molecule has 0 bridgehead atoms. The number of aldehydes is 1. The number of benzene rings is 4. The van der Waals surface area contributed by atoms with E-state index in [0.717, 1.165) is 4.57 Å². The van der Waals surface area contributed by atoms with Crippen molar-refractivity contribution in [3.63, 3.8) is 0 Å². The Kier molecular flexibility index (Phi) is 4.83. The van der Waals surface area contributed by atoms with Gasteiger partial charge in [0.2, 0.25) is 0 Å². The van der Waals surface area contributed by atoms with Gasteiger partial charge in [-0.1, -0.05) is 6.07 Å². The van der Waals surface area contributed by atoms with Gasteiger partial charge in [0.1, 0.15) is 33.5 Å². The largest absolute Gasteiger partial charge is 0.325 e. The predicted molar refractivity (Wildman–Crippen MR) is 130 cm³/mol. The first-order valence-electron chi connectivity index (χ1n) is 11.5. The molecule has 4 aromatic carbocycles. The number of aromatic nitrogens is 4. The summed E-state index contributed by atoms with van der Waals surface area (Å²) in [4.78, 5) is 33.5. The van der Waals surface area contributed by atoms with Gasteiger partial charge in [-0.05, 0) is 18.2 Å². The molecular formula is C27H8F8N4O2. The molecule has 3 heterocycles. The molecule has 0 spiro atoms.